The number of nitrogens with zero attached hydrogens (tertiary/aromatic N) is 3. The van der Waals surface area contributed by atoms with Gasteiger partial charge in [0, 0.05) is 12.1 Å². The standard InChI is InChI=1S/C10H17ClN4O3/c1-10(2,3)12-4-7(16)5-14-6-8(11)9(13-14)15(17)18/h6-7,12,16H,4-5H2,1-3H3. The van der Waals surface area contributed by atoms with Crippen LogP contribution in [0.5, 0.6) is 0 Å². The maximum atomic E-state index is 10.5. The Labute approximate surface area is 110 Å². The van der Waals surface area contributed by atoms with Gasteiger partial charge in [0.05, 0.1) is 23.9 Å². The van der Waals surface area contributed by atoms with Crippen molar-refractivity contribution in [2.24, 2.45) is 0 Å². The molecule has 102 valence electrons. The first kappa shape index (κ1) is 14.9. The third-order valence-electron chi connectivity index (χ3n) is 2.14. The van der Waals surface area contributed by atoms with Crippen LogP contribution < -0.4 is 5.32 Å². The molecule has 0 radical (unpaired) electrons. The van der Waals surface area contributed by atoms with Gasteiger partial charge in [-0.25, -0.2) is 0 Å². The highest BCUT2D eigenvalue weighted by Gasteiger charge is 2.21. The number of rotatable bonds is 5. The van der Waals surface area contributed by atoms with Crippen molar-refractivity contribution in [1.29, 1.82) is 0 Å². The fraction of sp³-hybridized carbons (Fsp3) is 0.700. The molecule has 0 bridgehead atoms. The van der Waals surface area contributed by atoms with E-state index in [4.69, 9.17) is 11.6 Å². The molecular formula is C10H17ClN4O3. The highest BCUT2D eigenvalue weighted by Crippen LogP contribution is 2.21. The monoisotopic (exact) mass is 276 g/mol. The predicted molar refractivity (Wildman–Crippen MR) is 67.7 cm³/mol. The zero-order chi connectivity index (χ0) is 13.9. The van der Waals surface area contributed by atoms with E-state index in [1.165, 1.54) is 10.9 Å². The average molecular weight is 277 g/mol. The first-order valence-corrected chi connectivity index (χ1v) is 5.87. The van der Waals surface area contributed by atoms with Gasteiger partial charge in [0.25, 0.3) is 0 Å². The third-order valence-corrected chi connectivity index (χ3v) is 2.40. The molecule has 8 heteroatoms. The topological polar surface area (TPSA) is 93.2 Å². The molecule has 1 rings (SSSR count). The minimum Gasteiger partial charge on any atom is -0.390 e. The van der Waals surface area contributed by atoms with E-state index in [9.17, 15) is 15.2 Å². The zero-order valence-electron chi connectivity index (χ0n) is 10.6. The molecule has 1 atom stereocenters. The Hall–Kier alpha value is -1.18. The number of nitro groups is 1. The van der Waals surface area contributed by atoms with Crippen LogP contribution in [-0.4, -0.2) is 38.0 Å². The number of aromatic nitrogens is 2. The van der Waals surface area contributed by atoms with Gasteiger partial charge in [-0.2, -0.15) is 4.68 Å². The summed E-state index contributed by atoms with van der Waals surface area (Å²) < 4.78 is 1.27. The molecule has 1 aromatic heterocycles. The predicted octanol–water partition coefficient (Wildman–Crippen LogP) is 1.19. The van der Waals surface area contributed by atoms with E-state index in [1.54, 1.807) is 0 Å². The van der Waals surface area contributed by atoms with Crippen molar-refractivity contribution in [3.05, 3.63) is 21.3 Å². The lowest BCUT2D eigenvalue weighted by Crippen LogP contribution is -2.42. The van der Waals surface area contributed by atoms with Crippen molar-refractivity contribution in [3.8, 4) is 0 Å². The Morgan fingerprint density at radius 2 is 2.28 bits per heavy atom. The molecule has 0 aliphatic carbocycles. The number of hydrogen-bond acceptors (Lipinski definition) is 5. The molecule has 1 aromatic rings. The molecule has 18 heavy (non-hydrogen) atoms. The van der Waals surface area contributed by atoms with Crippen molar-refractivity contribution in [2.75, 3.05) is 6.54 Å². The summed E-state index contributed by atoms with van der Waals surface area (Å²) in [5.41, 5.74) is -0.102. The summed E-state index contributed by atoms with van der Waals surface area (Å²) in [5.74, 6) is -0.396. The van der Waals surface area contributed by atoms with Crippen molar-refractivity contribution < 1.29 is 10.0 Å². The SMILES string of the molecule is CC(C)(C)NCC(O)Cn1cc(Cl)c([N+](=O)[O-])n1. The number of hydrogen-bond donors (Lipinski definition) is 2. The normalized spacial score (nSPS) is 13.6. The molecule has 0 aliphatic rings. The summed E-state index contributed by atoms with van der Waals surface area (Å²) in [4.78, 5) is 9.89. The van der Waals surface area contributed by atoms with E-state index < -0.39 is 16.8 Å². The van der Waals surface area contributed by atoms with Crippen LogP contribution in [0.15, 0.2) is 6.20 Å². The summed E-state index contributed by atoms with van der Waals surface area (Å²) in [6, 6.07) is 0. The minimum atomic E-state index is -0.695. The van der Waals surface area contributed by atoms with Crippen LogP contribution in [0.2, 0.25) is 5.02 Å². The van der Waals surface area contributed by atoms with E-state index in [2.05, 4.69) is 10.4 Å². The molecule has 0 amide bonds. The Bertz CT molecular complexity index is 427. The average Bonchev–Trinajstić information content (AvgIpc) is 2.55. The van der Waals surface area contributed by atoms with E-state index in [-0.39, 0.29) is 17.1 Å². The molecule has 2 N–H and O–H groups in total. The second kappa shape index (κ2) is 5.64. The lowest BCUT2D eigenvalue weighted by molar-refractivity contribution is -0.389. The van der Waals surface area contributed by atoms with Crippen molar-refractivity contribution in [2.45, 2.75) is 39.0 Å². The second-order valence-electron chi connectivity index (χ2n) is 5.06. The molecule has 0 fully saturated rings. The maximum Gasteiger partial charge on any atom is 0.408 e. The van der Waals surface area contributed by atoms with E-state index in [0.717, 1.165) is 0 Å². The summed E-state index contributed by atoms with van der Waals surface area (Å²) in [6.07, 6.45) is 0.639. The van der Waals surface area contributed by atoms with Gasteiger partial charge in [0.15, 0.2) is 5.02 Å². The van der Waals surface area contributed by atoms with Crippen molar-refractivity contribution >= 4 is 17.4 Å². The Kier molecular flexibility index (Phi) is 4.66. The van der Waals surface area contributed by atoms with Crippen LogP contribution in [0.1, 0.15) is 20.8 Å². The fourth-order valence-corrected chi connectivity index (χ4v) is 1.53. The fourth-order valence-electron chi connectivity index (χ4n) is 1.31. The van der Waals surface area contributed by atoms with E-state index in [0.29, 0.717) is 6.54 Å². The van der Waals surface area contributed by atoms with Crippen LogP contribution in [0, 0.1) is 10.1 Å². The lowest BCUT2D eigenvalue weighted by Gasteiger charge is -2.22. The molecule has 0 spiro atoms. The number of halogens is 1. The Balaban J connectivity index is 2.57. The van der Waals surface area contributed by atoms with Gasteiger partial charge in [-0.3, -0.25) is 0 Å². The van der Waals surface area contributed by atoms with Crippen LogP contribution >= 0.6 is 11.6 Å². The molecule has 1 unspecified atom stereocenters. The second-order valence-corrected chi connectivity index (χ2v) is 5.47. The molecule has 0 saturated carbocycles. The number of nitrogens with one attached hydrogen (secondary N) is 1. The number of aliphatic hydroxyl groups excluding tert-OH is 1. The highest BCUT2D eigenvalue weighted by atomic mass is 35.5. The lowest BCUT2D eigenvalue weighted by atomic mass is 10.1. The Morgan fingerprint density at radius 1 is 1.67 bits per heavy atom. The van der Waals surface area contributed by atoms with Gasteiger partial charge in [0.1, 0.15) is 0 Å². The van der Waals surface area contributed by atoms with Gasteiger partial charge >= 0.3 is 5.82 Å². The van der Waals surface area contributed by atoms with Crippen LogP contribution in [0.25, 0.3) is 0 Å². The number of β-amino-alcohol motifs (C(OH)–C–C–N with tert-alkyl or cyclic N) is 1. The van der Waals surface area contributed by atoms with Gasteiger partial charge in [0.2, 0.25) is 0 Å². The van der Waals surface area contributed by atoms with E-state index >= 15 is 0 Å². The molecule has 0 aliphatic heterocycles. The van der Waals surface area contributed by atoms with Gasteiger partial charge < -0.3 is 20.5 Å². The molecule has 0 aromatic carbocycles. The first-order chi connectivity index (χ1) is 8.19. The summed E-state index contributed by atoms with van der Waals surface area (Å²) in [7, 11) is 0. The summed E-state index contributed by atoms with van der Waals surface area (Å²) in [6.45, 7) is 6.46. The van der Waals surface area contributed by atoms with E-state index in [1.807, 2.05) is 20.8 Å². The van der Waals surface area contributed by atoms with Crippen LogP contribution in [-0.2, 0) is 6.54 Å². The van der Waals surface area contributed by atoms with Crippen molar-refractivity contribution in [3.63, 3.8) is 0 Å². The smallest absolute Gasteiger partial charge is 0.390 e. The minimum absolute atomic E-state index is 0.0315. The van der Waals surface area contributed by atoms with Gasteiger partial charge in [-0.05, 0) is 25.7 Å². The third kappa shape index (κ3) is 4.59. The Morgan fingerprint density at radius 3 is 2.72 bits per heavy atom. The molecular weight excluding hydrogens is 260 g/mol. The quantitative estimate of drug-likeness (QED) is 0.622. The summed E-state index contributed by atoms with van der Waals surface area (Å²) in [5, 5.41) is 27.1. The zero-order valence-corrected chi connectivity index (χ0v) is 11.3. The molecule has 0 saturated heterocycles. The molecule has 1 heterocycles. The van der Waals surface area contributed by atoms with Crippen molar-refractivity contribution in [1.82, 2.24) is 15.1 Å². The maximum absolute atomic E-state index is 10.5. The largest absolute Gasteiger partial charge is 0.408 e. The highest BCUT2D eigenvalue weighted by molar-refractivity contribution is 6.32. The van der Waals surface area contributed by atoms with Gasteiger partial charge in [-0.15, -0.1) is 0 Å². The molecule has 7 nitrogen and oxygen atoms in total. The van der Waals surface area contributed by atoms with Crippen LogP contribution in [0.4, 0.5) is 5.82 Å². The van der Waals surface area contributed by atoms with Crippen LogP contribution in [0.3, 0.4) is 0 Å². The summed E-state index contributed by atoms with van der Waals surface area (Å²) >= 11 is 5.65. The number of aliphatic hydroxyl groups is 1. The van der Waals surface area contributed by atoms with Gasteiger partial charge in [-0.1, -0.05) is 11.6 Å². The first-order valence-electron chi connectivity index (χ1n) is 5.49.